The first-order chi connectivity index (χ1) is 9.17. The van der Waals surface area contributed by atoms with Crippen LogP contribution >= 0.6 is 0 Å². The zero-order valence-electron chi connectivity index (χ0n) is 11.3. The molecule has 1 heterocycles. The summed E-state index contributed by atoms with van der Waals surface area (Å²) in [7, 11) is 0. The molecule has 3 heteroatoms. The van der Waals surface area contributed by atoms with Gasteiger partial charge in [-0.15, -0.1) is 0 Å². The minimum absolute atomic E-state index is 0.591. The third kappa shape index (κ3) is 2.02. The smallest absolute Gasteiger partial charge is 0.150 e. The third-order valence-corrected chi connectivity index (χ3v) is 4.81. The Morgan fingerprint density at radius 3 is 2.63 bits per heavy atom. The van der Waals surface area contributed by atoms with Crippen LogP contribution in [-0.4, -0.2) is 25.6 Å². The summed E-state index contributed by atoms with van der Waals surface area (Å²) in [5, 5.41) is 10.9. The molecule has 2 fully saturated rings. The zero-order valence-corrected chi connectivity index (χ0v) is 11.3. The summed E-state index contributed by atoms with van der Waals surface area (Å²) in [5.41, 5.74) is 4.23. The molecule has 3 nitrogen and oxygen atoms in total. The Morgan fingerprint density at radius 2 is 2.11 bits per heavy atom. The second-order valence-electron chi connectivity index (χ2n) is 6.21. The normalized spacial score (nSPS) is 20.7. The molecule has 0 bridgehead atoms. The van der Waals surface area contributed by atoms with Crippen molar-refractivity contribution in [3.63, 3.8) is 0 Å². The highest BCUT2D eigenvalue weighted by Gasteiger charge is 2.47. The number of rotatable bonds is 4. The van der Waals surface area contributed by atoms with Crippen molar-refractivity contribution in [2.75, 3.05) is 13.1 Å². The summed E-state index contributed by atoms with van der Waals surface area (Å²) in [6.45, 7) is 4.28. The van der Waals surface area contributed by atoms with Crippen molar-refractivity contribution < 1.29 is 4.79 Å². The monoisotopic (exact) mass is 256 g/mol. The predicted octanol–water partition coefficient (Wildman–Crippen LogP) is 2.35. The Balaban J connectivity index is 1.77. The lowest BCUT2D eigenvalue weighted by atomic mass is 9.57. The van der Waals surface area contributed by atoms with Crippen LogP contribution in [-0.2, 0) is 6.42 Å². The summed E-state index contributed by atoms with van der Waals surface area (Å²) in [6.07, 6.45) is 5.82. The fraction of sp³-hybridized carbons (Fsp3) is 0.500. The topological polar surface area (TPSA) is 53.0 Å². The molecule has 100 valence electrons. The van der Waals surface area contributed by atoms with Crippen LogP contribution in [0.15, 0.2) is 12.1 Å². The molecule has 0 atom stereocenters. The molecule has 1 aliphatic heterocycles. The maximum atomic E-state index is 11.2. The molecule has 1 aromatic carbocycles. The lowest BCUT2D eigenvalue weighted by molar-refractivity contribution is 0.000873. The standard InChI is InChI=1S/C16H20N2O/c1-11-2-3-13(14(7-17)15(11)8-19)4-12-5-16(6-12)9-18-10-16/h2-3,7-8,12,17-18H,4-6,9-10H2,1H3. The van der Waals surface area contributed by atoms with E-state index in [2.05, 4.69) is 11.4 Å². The van der Waals surface area contributed by atoms with Crippen LogP contribution in [0.1, 0.15) is 39.9 Å². The molecule has 1 aliphatic carbocycles. The molecule has 1 aromatic rings. The SMILES string of the molecule is Cc1ccc(CC2CC3(CNC3)C2)c(C=N)c1C=O. The van der Waals surface area contributed by atoms with E-state index in [1.165, 1.54) is 32.1 Å². The molecule has 0 amide bonds. The number of nitrogens with one attached hydrogen (secondary N) is 2. The van der Waals surface area contributed by atoms with Crippen molar-refractivity contribution in [3.05, 3.63) is 34.4 Å². The van der Waals surface area contributed by atoms with E-state index in [1.807, 2.05) is 13.0 Å². The van der Waals surface area contributed by atoms with Crippen LogP contribution in [0.4, 0.5) is 0 Å². The fourth-order valence-corrected chi connectivity index (χ4v) is 3.68. The summed E-state index contributed by atoms with van der Waals surface area (Å²) in [4.78, 5) is 11.2. The van der Waals surface area contributed by atoms with Crippen LogP contribution in [0.25, 0.3) is 0 Å². The number of carbonyl (C=O) groups excluding carboxylic acids is 1. The first-order valence-electron chi connectivity index (χ1n) is 6.96. The second-order valence-corrected chi connectivity index (χ2v) is 6.21. The van der Waals surface area contributed by atoms with Gasteiger partial charge in [0, 0.05) is 30.4 Å². The Morgan fingerprint density at radius 1 is 1.37 bits per heavy atom. The van der Waals surface area contributed by atoms with Gasteiger partial charge in [0.2, 0.25) is 0 Å². The first-order valence-corrected chi connectivity index (χ1v) is 6.96. The van der Waals surface area contributed by atoms with Crippen LogP contribution in [0, 0.1) is 23.7 Å². The predicted molar refractivity (Wildman–Crippen MR) is 76.2 cm³/mol. The molecule has 0 radical (unpaired) electrons. The van der Waals surface area contributed by atoms with E-state index in [-0.39, 0.29) is 0 Å². The highest BCUT2D eigenvalue weighted by Crippen LogP contribution is 2.49. The van der Waals surface area contributed by atoms with Crippen LogP contribution < -0.4 is 5.32 Å². The molecule has 1 saturated carbocycles. The van der Waals surface area contributed by atoms with Crippen LogP contribution in [0.5, 0.6) is 0 Å². The Kier molecular flexibility index (Phi) is 3.02. The average Bonchev–Trinajstić information content (AvgIpc) is 2.31. The highest BCUT2D eigenvalue weighted by molar-refractivity contribution is 5.94. The van der Waals surface area contributed by atoms with E-state index in [0.29, 0.717) is 11.0 Å². The molecular formula is C16H20N2O. The summed E-state index contributed by atoms with van der Waals surface area (Å²) >= 11 is 0. The molecule has 0 unspecified atom stereocenters. The van der Waals surface area contributed by atoms with E-state index < -0.39 is 0 Å². The quantitative estimate of drug-likeness (QED) is 0.642. The van der Waals surface area contributed by atoms with Gasteiger partial charge in [0.25, 0.3) is 0 Å². The first kappa shape index (κ1) is 12.5. The van der Waals surface area contributed by atoms with Crippen LogP contribution in [0.3, 0.4) is 0 Å². The molecule has 19 heavy (non-hydrogen) atoms. The molecule has 0 aromatic heterocycles. The lowest BCUT2D eigenvalue weighted by Crippen LogP contribution is -2.60. The van der Waals surface area contributed by atoms with Gasteiger partial charge in [-0.25, -0.2) is 0 Å². The second kappa shape index (κ2) is 4.57. The zero-order chi connectivity index (χ0) is 13.5. The maximum Gasteiger partial charge on any atom is 0.150 e. The van der Waals surface area contributed by atoms with Gasteiger partial charge in [-0.1, -0.05) is 12.1 Å². The third-order valence-electron chi connectivity index (χ3n) is 4.81. The highest BCUT2D eigenvalue weighted by atomic mass is 16.1. The Labute approximate surface area is 113 Å². The van der Waals surface area contributed by atoms with Crippen molar-refractivity contribution in [2.24, 2.45) is 11.3 Å². The summed E-state index contributed by atoms with van der Waals surface area (Å²) in [5.74, 6) is 0.725. The van der Waals surface area contributed by atoms with Gasteiger partial charge < -0.3 is 10.7 Å². The van der Waals surface area contributed by atoms with Gasteiger partial charge in [-0.2, -0.15) is 0 Å². The van der Waals surface area contributed by atoms with Crippen molar-refractivity contribution in [2.45, 2.75) is 26.2 Å². The van der Waals surface area contributed by atoms with E-state index in [4.69, 9.17) is 5.41 Å². The minimum Gasteiger partial charge on any atom is -0.316 e. The number of aldehydes is 1. The average molecular weight is 256 g/mol. The van der Waals surface area contributed by atoms with Crippen molar-refractivity contribution in [1.29, 1.82) is 5.41 Å². The van der Waals surface area contributed by atoms with Gasteiger partial charge in [0.15, 0.2) is 6.29 Å². The van der Waals surface area contributed by atoms with E-state index in [0.717, 1.165) is 35.3 Å². The molecule has 1 spiro atoms. The Hall–Kier alpha value is -1.48. The molecule has 2 N–H and O–H groups in total. The van der Waals surface area contributed by atoms with Gasteiger partial charge in [-0.05, 0) is 48.6 Å². The Bertz CT molecular complexity index is 524. The largest absolute Gasteiger partial charge is 0.316 e. The van der Waals surface area contributed by atoms with Gasteiger partial charge >= 0.3 is 0 Å². The molecule has 1 saturated heterocycles. The minimum atomic E-state index is 0.591. The number of carbonyl (C=O) groups is 1. The van der Waals surface area contributed by atoms with E-state index >= 15 is 0 Å². The number of benzene rings is 1. The van der Waals surface area contributed by atoms with E-state index in [9.17, 15) is 4.79 Å². The van der Waals surface area contributed by atoms with Gasteiger partial charge in [0.05, 0.1) is 0 Å². The number of hydrogen-bond donors (Lipinski definition) is 2. The molecule has 3 rings (SSSR count). The molecule has 2 aliphatic rings. The number of aryl methyl sites for hydroxylation is 1. The van der Waals surface area contributed by atoms with Crippen molar-refractivity contribution in [3.8, 4) is 0 Å². The van der Waals surface area contributed by atoms with Crippen LogP contribution in [0.2, 0.25) is 0 Å². The fourth-order valence-electron chi connectivity index (χ4n) is 3.68. The summed E-state index contributed by atoms with van der Waals surface area (Å²) in [6, 6.07) is 4.10. The van der Waals surface area contributed by atoms with Crippen molar-refractivity contribution in [1.82, 2.24) is 5.32 Å². The van der Waals surface area contributed by atoms with Gasteiger partial charge in [-0.3, -0.25) is 4.79 Å². The molecular weight excluding hydrogens is 236 g/mol. The van der Waals surface area contributed by atoms with Gasteiger partial charge in [0.1, 0.15) is 0 Å². The van der Waals surface area contributed by atoms with E-state index in [1.54, 1.807) is 0 Å². The lowest BCUT2D eigenvalue weighted by Gasteiger charge is -2.54. The number of hydrogen-bond acceptors (Lipinski definition) is 3. The van der Waals surface area contributed by atoms with Crippen molar-refractivity contribution >= 4 is 12.5 Å². The summed E-state index contributed by atoms with van der Waals surface area (Å²) < 4.78 is 0. The maximum absolute atomic E-state index is 11.2.